The lowest BCUT2D eigenvalue weighted by atomic mass is 10.0. The van der Waals surface area contributed by atoms with Gasteiger partial charge in [0, 0.05) is 0 Å². The molecule has 0 radical (unpaired) electrons. The van der Waals surface area contributed by atoms with E-state index in [2.05, 4.69) is 34.9 Å². The van der Waals surface area contributed by atoms with Gasteiger partial charge in [0.1, 0.15) is 37.7 Å². The van der Waals surface area contributed by atoms with Gasteiger partial charge in [0.25, 0.3) is 0 Å². The van der Waals surface area contributed by atoms with E-state index in [-0.39, 0.29) is 0 Å². The predicted octanol–water partition coefficient (Wildman–Crippen LogP) is 2.23. The van der Waals surface area contributed by atoms with Crippen LogP contribution in [-0.2, 0) is 13.1 Å². The van der Waals surface area contributed by atoms with Crippen LogP contribution in [0.1, 0.15) is 11.1 Å². The molecule has 0 unspecified atom stereocenters. The van der Waals surface area contributed by atoms with Gasteiger partial charge in [0.15, 0.2) is 0 Å². The van der Waals surface area contributed by atoms with Gasteiger partial charge in [-0.05, 0) is 33.7 Å². The molecule has 6 N–H and O–H groups in total. The Kier molecular flexibility index (Phi) is 5.42. The van der Waals surface area contributed by atoms with Gasteiger partial charge in [0.05, 0.1) is 11.1 Å². The Labute approximate surface area is 164 Å². The number of fused-ring (bicyclic) bond motifs is 2. The smallest absolute Gasteiger partial charge is 0.125 e. The maximum Gasteiger partial charge on any atom is 0.125 e. The topological polar surface area (TPSA) is 73.7 Å². The minimum atomic E-state index is 0.361. The van der Waals surface area contributed by atoms with E-state index >= 15 is 0 Å². The van der Waals surface area contributed by atoms with E-state index in [9.17, 15) is 10.2 Å². The molecule has 0 bridgehead atoms. The van der Waals surface area contributed by atoms with Gasteiger partial charge < -0.3 is 20.8 Å². The number of hydrogen-bond donors (Lipinski definition) is 4. The molecule has 0 fully saturated rings. The fourth-order valence-electron chi connectivity index (χ4n) is 3.81. The second-order valence-electron chi connectivity index (χ2n) is 7.13. The standard InChI is InChI=1S/C24H24N2O2/c27-23-11-9-17-5-1-3-7-19(17)21(23)15-25-13-14-26-16-22-20-8-4-2-6-18(20)10-12-24(22)28/h1-12,25-28H,13-16H2/p+2. The van der Waals surface area contributed by atoms with E-state index in [4.69, 9.17) is 0 Å². The highest BCUT2D eigenvalue weighted by atomic mass is 16.3. The van der Waals surface area contributed by atoms with Crippen LogP contribution < -0.4 is 10.6 Å². The number of nitrogens with two attached hydrogens (primary N) is 2. The van der Waals surface area contributed by atoms with E-state index in [1.807, 2.05) is 36.4 Å². The molecule has 28 heavy (non-hydrogen) atoms. The summed E-state index contributed by atoms with van der Waals surface area (Å²) < 4.78 is 0. The third kappa shape index (κ3) is 3.79. The predicted molar refractivity (Wildman–Crippen MR) is 112 cm³/mol. The minimum Gasteiger partial charge on any atom is -0.507 e. The van der Waals surface area contributed by atoms with Crippen LogP contribution in [0.4, 0.5) is 0 Å². The van der Waals surface area contributed by atoms with E-state index in [1.165, 1.54) is 0 Å². The van der Waals surface area contributed by atoms with Gasteiger partial charge in [0.2, 0.25) is 0 Å². The number of rotatable bonds is 7. The Morgan fingerprint density at radius 3 is 1.43 bits per heavy atom. The number of phenols is 2. The fraction of sp³-hybridized carbons (Fsp3) is 0.167. The van der Waals surface area contributed by atoms with Gasteiger partial charge in [-0.1, -0.05) is 60.7 Å². The maximum atomic E-state index is 10.2. The van der Waals surface area contributed by atoms with Crippen LogP contribution in [-0.4, -0.2) is 23.3 Å². The van der Waals surface area contributed by atoms with Gasteiger partial charge in [-0.15, -0.1) is 0 Å². The van der Waals surface area contributed by atoms with Crippen LogP contribution in [0.15, 0.2) is 72.8 Å². The molecular formula is C24H26N2O2+2. The Bertz CT molecular complexity index is 1020. The molecule has 142 valence electrons. The van der Waals surface area contributed by atoms with Gasteiger partial charge >= 0.3 is 0 Å². The molecule has 0 aliphatic heterocycles. The Hall–Kier alpha value is -3.08. The number of hydrogen-bond acceptors (Lipinski definition) is 2. The highest BCUT2D eigenvalue weighted by Gasteiger charge is 2.10. The van der Waals surface area contributed by atoms with Crippen LogP contribution >= 0.6 is 0 Å². The summed E-state index contributed by atoms with van der Waals surface area (Å²) >= 11 is 0. The number of quaternary nitrogens is 2. The SMILES string of the molecule is Oc1ccc2ccccc2c1C[NH2+]CC[NH2+]Cc1c(O)ccc2ccccc12. The summed E-state index contributed by atoms with van der Waals surface area (Å²) in [4.78, 5) is 0. The monoisotopic (exact) mass is 374 g/mol. The highest BCUT2D eigenvalue weighted by Crippen LogP contribution is 2.27. The van der Waals surface area contributed by atoms with Gasteiger partial charge in [-0.3, -0.25) is 0 Å². The van der Waals surface area contributed by atoms with E-state index in [1.54, 1.807) is 12.1 Å². The molecule has 0 aliphatic rings. The maximum absolute atomic E-state index is 10.2. The zero-order chi connectivity index (χ0) is 19.3. The zero-order valence-electron chi connectivity index (χ0n) is 15.8. The largest absolute Gasteiger partial charge is 0.507 e. The molecule has 4 rings (SSSR count). The first-order valence-corrected chi connectivity index (χ1v) is 9.76. The van der Waals surface area contributed by atoms with Crippen molar-refractivity contribution >= 4 is 21.5 Å². The second kappa shape index (κ2) is 8.30. The van der Waals surface area contributed by atoms with Crippen molar-refractivity contribution in [2.75, 3.05) is 13.1 Å². The van der Waals surface area contributed by atoms with E-state index in [0.29, 0.717) is 11.5 Å². The Balaban J connectivity index is 1.33. The van der Waals surface area contributed by atoms with E-state index < -0.39 is 0 Å². The van der Waals surface area contributed by atoms with Crippen molar-refractivity contribution < 1.29 is 20.8 Å². The van der Waals surface area contributed by atoms with E-state index in [0.717, 1.165) is 58.9 Å². The Morgan fingerprint density at radius 2 is 0.964 bits per heavy atom. The summed E-state index contributed by atoms with van der Waals surface area (Å²) in [5, 5.41) is 29.5. The van der Waals surface area contributed by atoms with Crippen molar-refractivity contribution in [2.24, 2.45) is 0 Å². The molecule has 4 heteroatoms. The molecule has 0 amide bonds. The molecule has 0 aromatic heterocycles. The van der Waals surface area contributed by atoms with Crippen LogP contribution in [0.2, 0.25) is 0 Å². The molecular weight excluding hydrogens is 348 g/mol. The highest BCUT2D eigenvalue weighted by molar-refractivity contribution is 5.88. The summed E-state index contributed by atoms with van der Waals surface area (Å²) in [6.45, 7) is 3.38. The molecule has 4 aromatic carbocycles. The van der Waals surface area contributed by atoms with Crippen molar-refractivity contribution in [2.45, 2.75) is 13.1 Å². The van der Waals surface area contributed by atoms with Crippen molar-refractivity contribution in [1.82, 2.24) is 0 Å². The third-order valence-electron chi connectivity index (χ3n) is 5.30. The van der Waals surface area contributed by atoms with Crippen molar-refractivity contribution in [3.05, 3.63) is 83.9 Å². The summed E-state index contributed by atoms with van der Waals surface area (Å²) in [6, 6.07) is 23.8. The average Bonchev–Trinajstić information content (AvgIpc) is 2.73. The first-order chi connectivity index (χ1) is 13.7. The molecule has 0 saturated carbocycles. The summed E-state index contributed by atoms with van der Waals surface area (Å²) in [7, 11) is 0. The van der Waals surface area contributed by atoms with Crippen LogP contribution in [0.5, 0.6) is 11.5 Å². The molecule has 0 spiro atoms. The summed E-state index contributed by atoms with van der Waals surface area (Å²) in [5.74, 6) is 0.721. The lowest BCUT2D eigenvalue weighted by Crippen LogP contribution is -2.93. The molecule has 0 atom stereocenters. The first-order valence-electron chi connectivity index (χ1n) is 9.76. The van der Waals surface area contributed by atoms with Gasteiger partial charge in [-0.25, -0.2) is 0 Å². The lowest BCUT2D eigenvalue weighted by molar-refractivity contribution is -0.738. The molecule has 4 nitrogen and oxygen atoms in total. The van der Waals surface area contributed by atoms with Crippen molar-refractivity contribution in [3.63, 3.8) is 0 Å². The Morgan fingerprint density at radius 1 is 0.536 bits per heavy atom. The first kappa shape index (κ1) is 18.3. The quantitative estimate of drug-likeness (QED) is 0.375. The fourth-order valence-corrected chi connectivity index (χ4v) is 3.81. The van der Waals surface area contributed by atoms with Crippen molar-refractivity contribution in [3.8, 4) is 11.5 Å². The third-order valence-corrected chi connectivity index (χ3v) is 5.30. The molecule has 0 aliphatic carbocycles. The lowest BCUT2D eigenvalue weighted by Gasteiger charge is -2.09. The normalized spacial score (nSPS) is 11.3. The van der Waals surface area contributed by atoms with Crippen molar-refractivity contribution in [1.29, 1.82) is 0 Å². The zero-order valence-corrected chi connectivity index (χ0v) is 15.8. The molecule has 0 saturated heterocycles. The number of aromatic hydroxyl groups is 2. The molecule has 4 aromatic rings. The number of phenolic OH excluding ortho intramolecular Hbond substituents is 2. The van der Waals surface area contributed by atoms with Gasteiger partial charge in [-0.2, -0.15) is 0 Å². The number of benzene rings is 4. The minimum absolute atomic E-state index is 0.361. The average molecular weight is 374 g/mol. The van der Waals surface area contributed by atoms with Crippen LogP contribution in [0.3, 0.4) is 0 Å². The second-order valence-corrected chi connectivity index (χ2v) is 7.13. The van der Waals surface area contributed by atoms with Crippen LogP contribution in [0, 0.1) is 0 Å². The summed E-state index contributed by atoms with van der Waals surface area (Å²) in [6.07, 6.45) is 0. The summed E-state index contributed by atoms with van der Waals surface area (Å²) in [5.41, 5.74) is 1.98. The van der Waals surface area contributed by atoms with Crippen LogP contribution in [0.25, 0.3) is 21.5 Å². The molecule has 0 heterocycles.